The van der Waals surface area contributed by atoms with E-state index in [9.17, 15) is 23.5 Å². The molecule has 0 saturated carbocycles. The van der Waals surface area contributed by atoms with Crippen LogP contribution in [0, 0.1) is 6.92 Å². The number of nitrogens with zero attached hydrogens (tertiary/aromatic N) is 4. The molecule has 2 aromatic heterocycles. The molecule has 0 radical (unpaired) electrons. The van der Waals surface area contributed by atoms with E-state index in [4.69, 9.17) is 25.3 Å². The number of imidazole rings is 1. The standard InChI is InChI=1S/C11H18N5O12P3/c1-6-10-11(14-4-13-6)16(5-15-10)9-2-7(26-12)8(25-9)3-24-30(20,21)28-31(22,23)27-29(17,18)19/h4-5,7-9H,2-3,12H2,1H3,(H,20,21)(H,22,23)(H2,17,18,19)/t7?,8-,9-/m1/s1. The highest BCUT2D eigenvalue weighted by Gasteiger charge is 2.43. The van der Waals surface area contributed by atoms with Crippen molar-refractivity contribution in [1.29, 1.82) is 0 Å². The van der Waals surface area contributed by atoms with Crippen molar-refractivity contribution < 1.29 is 56.0 Å². The maximum Gasteiger partial charge on any atom is 0.490 e. The largest absolute Gasteiger partial charge is 0.490 e. The smallest absolute Gasteiger partial charge is 0.349 e. The molecular formula is C11H18N5O12P3. The second-order valence-electron chi connectivity index (χ2n) is 6.21. The van der Waals surface area contributed by atoms with Crippen LogP contribution in [-0.4, -0.2) is 57.9 Å². The third kappa shape index (κ3) is 6.21. The Morgan fingerprint density at radius 1 is 1.16 bits per heavy atom. The molecule has 0 aliphatic carbocycles. The molecule has 0 aromatic carbocycles. The van der Waals surface area contributed by atoms with Gasteiger partial charge in [-0.3, -0.25) is 13.9 Å². The highest BCUT2D eigenvalue weighted by atomic mass is 31.3. The molecule has 0 bridgehead atoms. The van der Waals surface area contributed by atoms with E-state index in [-0.39, 0.29) is 6.42 Å². The normalized spacial score (nSPS) is 26.1. The molecule has 174 valence electrons. The summed E-state index contributed by atoms with van der Waals surface area (Å²) in [4.78, 5) is 53.0. The van der Waals surface area contributed by atoms with Gasteiger partial charge in [0, 0.05) is 6.42 Å². The summed E-state index contributed by atoms with van der Waals surface area (Å²) in [6.07, 6.45) is 0.375. The van der Waals surface area contributed by atoms with Crippen LogP contribution >= 0.6 is 23.5 Å². The molecule has 0 spiro atoms. The Kier molecular flexibility index (Phi) is 7.11. The summed E-state index contributed by atoms with van der Waals surface area (Å²) in [6.45, 7) is 1.04. The molecule has 1 aliphatic rings. The van der Waals surface area contributed by atoms with Gasteiger partial charge in [-0.25, -0.2) is 34.5 Å². The maximum absolute atomic E-state index is 11.9. The van der Waals surface area contributed by atoms with Gasteiger partial charge >= 0.3 is 23.5 Å². The minimum atomic E-state index is -5.63. The number of aromatic nitrogens is 4. The molecule has 20 heteroatoms. The maximum atomic E-state index is 11.9. The van der Waals surface area contributed by atoms with Gasteiger partial charge in [-0.05, 0) is 6.92 Å². The van der Waals surface area contributed by atoms with Crippen LogP contribution in [0.3, 0.4) is 0 Å². The number of fused-ring (bicyclic) bond motifs is 1. The first-order valence-corrected chi connectivity index (χ1v) is 12.8. The average Bonchev–Trinajstić information content (AvgIpc) is 3.21. The van der Waals surface area contributed by atoms with Gasteiger partial charge in [0.2, 0.25) is 0 Å². The summed E-state index contributed by atoms with van der Waals surface area (Å²) in [5.74, 6) is 5.25. The van der Waals surface area contributed by atoms with Crippen molar-refractivity contribution in [2.45, 2.75) is 31.8 Å². The lowest BCUT2D eigenvalue weighted by atomic mass is 10.2. The molecule has 5 atom stereocenters. The Morgan fingerprint density at radius 2 is 1.87 bits per heavy atom. The number of phosphoric ester groups is 1. The van der Waals surface area contributed by atoms with Crippen molar-refractivity contribution in [2.24, 2.45) is 5.90 Å². The van der Waals surface area contributed by atoms with E-state index < -0.39 is 48.5 Å². The van der Waals surface area contributed by atoms with Crippen LogP contribution in [0.4, 0.5) is 0 Å². The summed E-state index contributed by atoms with van der Waals surface area (Å²) >= 11 is 0. The van der Waals surface area contributed by atoms with Crippen LogP contribution in [0.25, 0.3) is 11.2 Å². The quantitative estimate of drug-likeness (QED) is 0.223. The minimum absolute atomic E-state index is 0.162. The van der Waals surface area contributed by atoms with Crippen LogP contribution in [0.2, 0.25) is 0 Å². The summed E-state index contributed by atoms with van der Waals surface area (Å²) in [5, 5.41) is 0. The number of phosphoric acid groups is 3. The van der Waals surface area contributed by atoms with E-state index in [0.717, 1.165) is 0 Å². The fraction of sp³-hybridized carbons (Fsp3) is 0.545. The molecule has 31 heavy (non-hydrogen) atoms. The van der Waals surface area contributed by atoms with E-state index in [1.807, 2.05) is 0 Å². The monoisotopic (exact) mass is 505 g/mol. The molecule has 3 heterocycles. The van der Waals surface area contributed by atoms with Gasteiger partial charge in [-0.15, -0.1) is 0 Å². The van der Waals surface area contributed by atoms with Crippen molar-refractivity contribution in [3.63, 3.8) is 0 Å². The highest BCUT2D eigenvalue weighted by molar-refractivity contribution is 7.66. The van der Waals surface area contributed by atoms with E-state index in [2.05, 4.69) is 28.1 Å². The van der Waals surface area contributed by atoms with Crippen molar-refractivity contribution in [1.82, 2.24) is 19.5 Å². The van der Waals surface area contributed by atoms with E-state index in [1.165, 1.54) is 12.7 Å². The summed E-state index contributed by atoms with van der Waals surface area (Å²) in [5.41, 5.74) is 1.63. The van der Waals surface area contributed by atoms with Gasteiger partial charge in [0.05, 0.1) is 18.6 Å². The summed E-state index contributed by atoms with van der Waals surface area (Å²) < 4.78 is 53.1. The molecule has 1 saturated heterocycles. The Morgan fingerprint density at radius 3 is 2.52 bits per heavy atom. The lowest BCUT2D eigenvalue weighted by Gasteiger charge is -2.20. The first-order valence-electron chi connectivity index (χ1n) is 8.24. The van der Waals surface area contributed by atoms with Crippen molar-refractivity contribution in [3.8, 4) is 0 Å². The summed E-state index contributed by atoms with van der Waals surface area (Å²) in [7, 11) is -16.4. The van der Waals surface area contributed by atoms with Gasteiger partial charge in [0.15, 0.2) is 5.65 Å². The van der Waals surface area contributed by atoms with Crippen LogP contribution < -0.4 is 5.90 Å². The predicted octanol–water partition coefficient (Wildman–Crippen LogP) is 0.0244. The fourth-order valence-electron chi connectivity index (χ4n) is 2.82. The fourth-order valence-corrected chi connectivity index (χ4v) is 5.84. The number of hydrogen-bond acceptors (Lipinski definition) is 12. The van der Waals surface area contributed by atoms with Crippen molar-refractivity contribution >= 4 is 34.6 Å². The molecule has 0 amide bonds. The molecular weight excluding hydrogens is 487 g/mol. The zero-order chi connectivity index (χ0) is 23.0. The number of hydrogen-bond donors (Lipinski definition) is 5. The number of rotatable bonds is 9. The van der Waals surface area contributed by atoms with Gasteiger partial charge in [-0.2, -0.15) is 8.62 Å². The molecule has 1 aliphatic heterocycles. The lowest BCUT2D eigenvalue weighted by Crippen LogP contribution is -2.31. The Balaban J connectivity index is 1.67. The highest BCUT2D eigenvalue weighted by Crippen LogP contribution is 2.66. The Labute approximate surface area is 173 Å². The first kappa shape index (κ1) is 24.5. The molecule has 3 unspecified atom stereocenters. The minimum Gasteiger partial charge on any atom is -0.349 e. The molecule has 1 fully saturated rings. The SMILES string of the molecule is Cc1ncnc2c1ncn2[C@H]1CC(ON)[C@@H](COP(=O)(O)OP(=O)(O)OP(=O)(O)O)O1. The van der Waals surface area contributed by atoms with Gasteiger partial charge < -0.3 is 24.3 Å². The van der Waals surface area contributed by atoms with Gasteiger partial charge in [0.25, 0.3) is 0 Å². The number of nitrogens with two attached hydrogens (primary N) is 1. The molecule has 17 nitrogen and oxygen atoms in total. The Hall–Kier alpha value is -1.16. The van der Waals surface area contributed by atoms with E-state index >= 15 is 0 Å². The molecule has 2 aromatic rings. The van der Waals surface area contributed by atoms with Gasteiger partial charge in [0.1, 0.15) is 30.3 Å². The van der Waals surface area contributed by atoms with Crippen LogP contribution in [0.1, 0.15) is 18.3 Å². The third-order valence-corrected chi connectivity index (χ3v) is 7.83. The second-order valence-corrected chi connectivity index (χ2v) is 10.6. The van der Waals surface area contributed by atoms with E-state index in [1.54, 1.807) is 11.5 Å². The number of aryl methyl sites for hydroxylation is 1. The van der Waals surface area contributed by atoms with Crippen molar-refractivity contribution in [2.75, 3.05) is 6.61 Å². The van der Waals surface area contributed by atoms with Crippen LogP contribution in [0.15, 0.2) is 12.7 Å². The topological polar surface area (TPSA) is 248 Å². The lowest BCUT2D eigenvalue weighted by molar-refractivity contribution is -0.0600. The summed E-state index contributed by atoms with van der Waals surface area (Å²) in [6, 6.07) is 0. The zero-order valence-electron chi connectivity index (χ0n) is 15.6. The van der Waals surface area contributed by atoms with Crippen molar-refractivity contribution in [3.05, 3.63) is 18.3 Å². The Bertz CT molecular complexity index is 1090. The average molecular weight is 505 g/mol. The predicted molar refractivity (Wildman–Crippen MR) is 97.5 cm³/mol. The van der Waals surface area contributed by atoms with Gasteiger partial charge in [-0.1, -0.05) is 0 Å². The number of ether oxygens (including phenoxy) is 1. The second kappa shape index (κ2) is 9.00. The first-order chi connectivity index (χ1) is 14.3. The van der Waals surface area contributed by atoms with Crippen LogP contribution in [-0.2, 0) is 36.4 Å². The third-order valence-electron chi connectivity index (χ3n) is 4.03. The van der Waals surface area contributed by atoms with Crippen LogP contribution in [0.5, 0.6) is 0 Å². The molecule has 6 N–H and O–H groups in total. The molecule has 3 rings (SSSR count). The van der Waals surface area contributed by atoms with E-state index in [0.29, 0.717) is 16.9 Å². The zero-order valence-corrected chi connectivity index (χ0v) is 18.2.